The fraction of sp³-hybridized carbons (Fsp3) is 0.350. The van der Waals surface area contributed by atoms with Gasteiger partial charge in [0.2, 0.25) is 0 Å². The van der Waals surface area contributed by atoms with Gasteiger partial charge in [-0.25, -0.2) is 4.99 Å². The Bertz CT molecular complexity index is 686. The van der Waals surface area contributed by atoms with Crippen LogP contribution in [-0.2, 0) is 6.42 Å². The van der Waals surface area contributed by atoms with Gasteiger partial charge in [-0.2, -0.15) is 0 Å². The van der Waals surface area contributed by atoms with Crippen LogP contribution in [0.15, 0.2) is 59.6 Å². The molecule has 0 bridgehead atoms. The number of nitrogens with zero attached hydrogens (tertiary/aromatic N) is 2. The fourth-order valence-corrected chi connectivity index (χ4v) is 3.39. The summed E-state index contributed by atoms with van der Waals surface area (Å²) in [5, 5.41) is 0. The summed E-state index contributed by atoms with van der Waals surface area (Å²) >= 11 is 0. The molecule has 2 aliphatic rings. The van der Waals surface area contributed by atoms with Gasteiger partial charge in [0.25, 0.3) is 0 Å². The normalized spacial score (nSPS) is 21.0. The van der Waals surface area contributed by atoms with Gasteiger partial charge in [-0.1, -0.05) is 48.5 Å². The second kappa shape index (κ2) is 5.60. The minimum Gasteiger partial charge on any atom is -0.353 e. The van der Waals surface area contributed by atoms with Crippen LogP contribution in [0.3, 0.4) is 0 Å². The van der Waals surface area contributed by atoms with Crippen LogP contribution >= 0.6 is 0 Å². The van der Waals surface area contributed by atoms with Crippen molar-refractivity contribution in [2.24, 2.45) is 10.9 Å². The first kappa shape index (κ1) is 13.6. The molecule has 22 heavy (non-hydrogen) atoms. The van der Waals surface area contributed by atoms with Gasteiger partial charge in [0, 0.05) is 6.54 Å². The van der Waals surface area contributed by atoms with Gasteiger partial charge in [-0.3, -0.25) is 0 Å². The van der Waals surface area contributed by atoms with E-state index in [1.807, 2.05) is 0 Å². The summed E-state index contributed by atoms with van der Waals surface area (Å²) in [5.74, 6) is 2.02. The lowest BCUT2D eigenvalue weighted by Gasteiger charge is -2.32. The van der Waals surface area contributed by atoms with Crippen molar-refractivity contribution in [3.63, 3.8) is 0 Å². The van der Waals surface area contributed by atoms with E-state index in [0.29, 0.717) is 6.04 Å². The number of hydrogen-bond donors (Lipinski definition) is 0. The maximum Gasteiger partial charge on any atom is 0.102 e. The van der Waals surface area contributed by atoms with Gasteiger partial charge in [-0.15, -0.1) is 0 Å². The van der Waals surface area contributed by atoms with E-state index in [9.17, 15) is 0 Å². The molecule has 1 unspecified atom stereocenters. The molecule has 1 saturated carbocycles. The Morgan fingerprint density at radius 3 is 2.50 bits per heavy atom. The smallest absolute Gasteiger partial charge is 0.102 e. The third kappa shape index (κ3) is 2.66. The van der Waals surface area contributed by atoms with E-state index in [1.54, 1.807) is 0 Å². The molecule has 1 aliphatic carbocycles. The molecule has 2 nitrogen and oxygen atoms in total. The van der Waals surface area contributed by atoms with Crippen molar-refractivity contribution in [3.8, 4) is 0 Å². The molecule has 2 aromatic rings. The van der Waals surface area contributed by atoms with Gasteiger partial charge in [0.05, 0.1) is 11.7 Å². The molecule has 1 fully saturated rings. The van der Waals surface area contributed by atoms with Gasteiger partial charge >= 0.3 is 0 Å². The molecule has 0 aromatic heterocycles. The molecule has 0 spiro atoms. The largest absolute Gasteiger partial charge is 0.353 e. The van der Waals surface area contributed by atoms with Crippen LogP contribution < -0.4 is 0 Å². The van der Waals surface area contributed by atoms with Gasteiger partial charge in [-0.05, 0) is 49.3 Å². The van der Waals surface area contributed by atoms with Gasteiger partial charge in [0.15, 0.2) is 0 Å². The lowest BCUT2D eigenvalue weighted by atomic mass is 9.96. The van der Waals surface area contributed by atoms with Crippen LogP contribution in [0.5, 0.6) is 0 Å². The molecule has 1 aliphatic heterocycles. The van der Waals surface area contributed by atoms with Crippen LogP contribution in [0, 0.1) is 5.92 Å². The average molecular weight is 290 g/mol. The highest BCUT2D eigenvalue weighted by Crippen LogP contribution is 2.37. The Morgan fingerprint density at radius 1 is 1.00 bits per heavy atom. The van der Waals surface area contributed by atoms with E-state index >= 15 is 0 Å². The second-order valence-corrected chi connectivity index (χ2v) is 6.51. The quantitative estimate of drug-likeness (QED) is 0.796. The zero-order chi connectivity index (χ0) is 14.9. The first-order valence-electron chi connectivity index (χ1n) is 8.26. The van der Waals surface area contributed by atoms with Crippen molar-refractivity contribution in [2.45, 2.75) is 32.2 Å². The molecule has 2 aromatic carbocycles. The Hall–Kier alpha value is -2.09. The first-order valence-corrected chi connectivity index (χ1v) is 8.26. The Balaban J connectivity index is 1.76. The summed E-state index contributed by atoms with van der Waals surface area (Å²) in [6.07, 6.45) is 3.78. The average Bonchev–Trinajstić information content (AvgIpc) is 3.37. The first-order chi connectivity index (χ1) is 10.8. The van der Waals surface area contributed by atoms with Gasteiger partial charge < -0.3 is 4.90 Å². The summed E-state index contributed by atoms with van der Waals surface area (Å²) in [6.45, 7) is 3.31. The van der Waals surface area contributed by atoms with Crippen LogP contribution in [-0.4, -0.2) is 17.3 Å². The van der Waals surface area contributed by atoms with E-state index in [4.69, 9.17) is 4.99 Å². The summed E-state index contributed by atoms with van der Waals surface area (Å²) in [6, 6.07) is 19.9. The maximum absolute atomic E-state index is 4.92. The number of hydrogen-bond acceptors (Lipinski definition) is 2. The van der Waals surface area contributed by atoms with Crippen molar-refractivity contribution >= 4 is 11.5 Å². The fourth-order valence-electron chi connectivity index (χ4n) is 3.39. The minimum atomic E-state index is 0.397. The number of benzene rings is 2. The summed E-state index contributed by atoms with van der Waals surface area (Å²) in [4.78, 5) is 7.45. The number of amidine groups is 1. The molecule has 4 rings (SSSR count). The lowest BCUT2D eigenvalue weighted by Crippen LogP contribution is -2.35. The number of fused-ring (bicyclic) bond motifs is 1. The van der Waals surface area contributed by atoms with Crippen LogP contribution in [0.2, 0.25) is 0 Å². The lowest BCUT2D eigenvalue weighted by molar-refractivity contribution is 0.303. The van der Waals surface area contributed by atoms with E-state index in [1.165, 1.54) is 24.0 Å². The third-order valence-corrected chi connectivity index (χ3v) is 4.82. The number of rotatable bonds is 3. The molecule has 2 heteroatoms. The Morgan fingerprint density at radius 2 is 1.73 bits per heavy atom. The highest BCUT2D eigenvalue weighted by molar-refractivity contribution is 5.84. The minimum absolute atomic E-state index is 0.397. The number of aliphatic imine (C=N–C) groups is 1. The van der Waals surface area contributed by atoms with E-state index in [-0.39, 0.29) is 0 Å². The van der Waals surface area contributed by atoms with E-state index in [2.05, 4.69) is 66.4 Å². The molecule has 1 atom stereocenters. The molecule has 0 N–H and O–H groups in total. The van der Waals surface area contributed by atoms with Crippen LogP contribution in [0.25, 0.3) is 0 Å². The Kier molecular flexibility index (Phi) is 3.45. The highest BCUT2D eigenvalue weighted by Gasteiger charge is 2.31. The zero-order valence-corrected chi connectivity index (χ0v) is 13.1. The van der Waals surface area contributed by atoms with Crippen molar-refractivity contribution in [1.82, 2.24) is 4.90 Å². The molecule has 0 radical (unpaired) electrons. The van der Waals surface area contributed by atoms with Crippen molar-refractivity contribution in [1.29, 1.82) is 0 Å². The molecule has 1 heterocycles. The van der Waals surface area contributed by atoms with Crippen LogP contribution in [0.1, 0.15) is 36.9 Å². The molecule has 0 amide bonds. The van der Waals surface area contributed by atoms with Crippen LogP contribution in [0.4, 0.5) is 5.69 Å². The molecular weight excluding hydrogens is 268 g/mol. The third-order valence-electron chi connectivity index (χ3n) is 4.82. The van der Waals surface area contributed by atoms with Crippen molar-refractivity contribution in [2.75, 3.05) is 6.54 Å². The SMILES string of the molecule is CC1=Nc2ccccc2CC(c2ccccc2)N1CC1CC1. The molecule has 0 saturated heterocycles. The second-order valence-electron chi connectivity index (χ2n) is 6.51. The van der Waals surface area contributed by atoms with Crippen molar-refractivity contribution < 1.29 is 0 Å². The Labute approximate surface area is 132 Å². The summed E-state index contributed by atoms with van der Waals surface area (Å²) < 4.78 is 0. The number of para-hydroxylation sites is 1. The topological polar surface area (TPSA) is 15.6 Å². The van der Waals surface area contributed by atoms with Crippen molar-refractivity contribution in [3.05, 3.63) is 65.7 Å². The monoisotopic (exact) mass is 290 g/mol. The highest BCUT2D eigenvalue weighted by atomic mass is 15.2. The van der Waals surface area contributed by atoms with E-state index < -0.39 is 0 Å². The molecular formula is C20H22N2. The molecule has 112 valence electrons. The standard InChI is InChI=1S/C20H22N2/c1-15-21-19-10-6-5-9-18(19)13-20(17-7-3-2-4-8-17)22(15)14-16-11-12-16/h2-10,16,20H,11-14H2,1H3. The summed E-state index contributed by atoms with van der Waals surface area (Å²) in [7, 11) is 0. The van der Waals surface area contributed by atoms with Gasteiger partial charge in [0.1, 0.15) is 5.84 Å². The predicted molar refractivity (Wildman–Crippen MR) is 91.5 cm³/mol. The zero-order valence-electron chi connectivity index (χ0n) is 13.1. The predicted octanol–water partition coefficient (Wildman–Crippen LogP) is 4.75. The van der Waals surface area contributed by atoms with E-state index in [0.717, 1.165) is 30.4 Å². The maximum atomic E-state index is 4.92. The summed E-state index contributed by atoms with van der Waals surface area (Å²) in [5.41, 5.74) is 3.89.